The first kappa shape index (κ1) is 12.5. The van der Waals surface area contributed by atoms with Crippen molar-refractivity contribution >= 4 is 22.4 Å². The van der Waals surface area contributed by atoms with Crippen LogP contribution in [0.5, 0.6) is 0 Å². The Hall–Kier alpha value is -1.96. The number of nitrogens with zero attached hydrogens (tertiary/aromatic N) is 4. The zero-order valence-corrected chi connectivity index (χ0v) is 11.1. The van der Waals surface area contributed by atoms with E-state index in [-0.39, 0.29) is 5.97 Å². The molecule has 0 saturated heterocycles. The summed E-state index contributed by atoms with van der Waals surface area (Å²) in [5.41, 5.74) is 0.660. The molecule has 0 fully saturated rings. The maximum absolute atomic E-state index is 11.4. The summed E-state index contributed by atoms with van der Waals surface area (Å²) >= 11 is 1.27. The van der Waals surface area contributed by atoms with Gasteiger partial charge in [0.25, 0.3) is 0 Å². The number of thiazole rings is 1. The van der Waals surface area contributed by atoms with Crippen molar-refractivity contribution in [2.24, 2.45) is 7.05 Å². The van der Waals surface area contributed by atoms with Gasteiger partial charge in [0.15, 0.2) is 11.0 Å². The van der Waals surface area contributed by atoms with Crippen LogP contribution in [-0.2, 0) is 18.3 Å². The lowest BCUT2D eigenvalue weighted by Gasteiger charge is -2.00. The summed E-state index contributed by atoms with van der Waals surface area (Å²) in [5, 5.41) is 11.5. The molecule has 2 heterocycles. The fraction of sp³-hybridized carbons (Fsp3) is 0.400. The molecule has 0 spiro atoms. The van der Waals surface area contributed by atoms with Gasteiger partial charge in [0.1, 0.15) is 11.2 Å². The Bertz CT molecular complexity index is 562. The quantitative estimate of drug-likeness (QED) is 0.831. The van der Waals surface area contributed by atoms with Crippen LogP contribution in [0.3, 0.4) is 0 Å². The van der Waals surface area contributed by atoms with Crippen molar-refractivity contribution in [3.63, 3.8) is 0 Å². The minimum atomic E-state index is -0.364. The number of carbonyl (C=O) groups is 1. The van der Waals surface area contributed by atoms with E-state index in [1.807, 2.05) is 11.6 Å². The van der Waals surface area contributed by atoms with E-state index >= 15 is 0 Å². The molecule has 0 aliphatic heterocycles. The third kappa shape index (κ3) is 2.48. The second-order valence-electron chi connectivity index (χ2n) is 3.64. The van der Waals surface area contributed by atoms with Gasteiger partial charge in [0, 0.05) is 7.05 Å². The molecule has 0 aliphatic rings. The van der Waals surface area contributed by atoms with E-state index < -0.39 is 0 Å². The topological polar surface area (TPSA) is 81.9 Å². The van der Waals surface area contributed by atoms with Crippen LogP contribution >= 0.6 is 11.3 Å². The van der Waals surface area contributed by atoms with E-state index in [2.05, 4.69) is 25.2 Å². The number of anilines is 1. The number of ether oxygens (including phenoxy) is 1. The molecule has 96 valence electrons. The zero-order valence-electron chi connectivity index (χ0n) is 10.3. The fourth-order valence-corrected chi connectivity index (χ4v) is 2.26. The fourth-order valence-electron chi connectivity index (χ4n) is 1.38. The van der Waals surface area contributed by atoms with E-state index in [0.29, 0.717) is 22.2 Å². The lowest BCUT2D eigenvalue weighted by Crippen LogP contribution is -2.05. The Morgan fingerprint density at radius 2 is 2.39 bits per heavy atom. The van der Waals surface area contributed by atoms with Gasteiger partial charge in [-0.1, -0.05) is 11.3 Å². The number of esters is 1. The molecule has 7 nitrogen and oxygen atoms in total. The van der Waals surface area contributed by atoms with Crippen molar-refractivity contribution in [3.05, 3.63) is 22.7 Å². The molecular weight excluding hydrogens is 254 g/mol. The summed E-state index contributed by atoms with van der Waals surface area (Å²) < 4.78 is 6.49. The van der Waals surface area contributed by atoms with E-state index in [4.69, 9.17) is 0 Å². The highest BCUT2D eigenvalue weighted by Crippen LogP contribution is 2.23. The predicted octanol–water partition coefficient (Wildman–Crippen LogP) is 0.979. The molecule has 0 radical (unpaired) electrons. The number of hydrogen-bond acceptors (Lipinski definition) is 7. The molecule has 0 amide bonds. The first-order valence-electron chi connectivity index (χ1n) is 5.24. The highest BCUT2D eigenvalue weighted by Gasteiger charge is 2.15. The van der Waals surface area contributed by atoms with Gasteiger partial charge in [-0.3, -0.25) is 0 Å². The molecule has 1 N–H and O–H groups in total. The molecule has 2 aromatic heterocycles. The maximum Gasteiger partial charge on any atom is 0.350 e. The smallest absolute Gasteiger partial charge is 0.350 e. The second kappa shape index (κ2) is 5.13. The molecule has 0 aromatic carbocycles. The summed E-state index contributed by atoms with van der Waals surface area (Å²) in [5.74, 6) is 0.430. The number of rotatable bonds is 4. The lowest BCUT2D eigenvalue weighted by molar-refractivity contribution is 0.0605. The maximum atomic E-state index is 11.4. The van der Waals surface area contributed by atoms with E-state index in [1.165, 1.54) is 18.4 Å². The average molecular weight is 267 g/mol. The van der Waals surface area contributed by atoms with Gasteiger partial charge in [-0.15, -0.1) is 10.2 Å². The Labute approximate surface area is 108 Å². The van der Waals surface area contributed by atoms with E-state index in [9.17, 15) is 4.79 Å². The Morgan fingerprint density at radius 3 is 3.00 bits per heavy atom. The van der Waals surface area contributed by atoms with Crippen LogP contribution in [-0.4, -0.2) is 32.8 Å². The number of carbonyl (C=O) groups excluding carboxylic acids is 1. The standard InChI is InChI=1S/C10H13N5O2S/c1-6-8(9(16)17-3)18-10(13-6)11-4-7-14-12-5-15(7)2/h5H,4H2,1-3H3,(H,11,13). The van der Waals surface area contributed by atoms with Gasteiger partial charge < -0.3 is 14.6 Å². The third-order valence-corrected chi connectivity index (χ3v) is 3.47. The molecule has 0 saturated carbocycles. The predicted molar refractivity (Wildman–Crippen MR) is 66.5 cm³/mol. The van der Waals surface area contributed by atoms with Gasteiger partial charge in [0.05, 0.1) is 19.3 Å². The second-order valence-corrected chi connectivity index (χ2v) is 4.64. The minimum absolute atomic E-state index is 0.364. The monoisotopic (exact) mass is 267 g/mol. The zero-order chi connectivity index (χ0) is 13.1. The third-order valence-electron chi connectivity index (χ3n) is 2.37. The van der Waals surface area contributed by atoms with Crippen molar-refractivity contribution in [1.29, 1.82) is 0 Å². The normalized spacial score (nSPS) is 10.4. The highest BCUT2D eigenvalue weighted by atomic mass is 32.1. The van der Waals surface area contributed by atoms with E-state index in [0.717, 1.165) is 5.82 Å². The molecular formula is C10H13N5O2S. The lowest BCUT2D eigenvalue weighted by atomic mass is 10.4. The SMILES string of the molecule is COC(=O)c1sc(NCc2nncn2C)nc1C. The van der Waals surface area contributed by atoms with Gasteiger partial charge in [-0.25, -0.2) is 9.78 Å². The summed E-state index contributed by atoms with van der Waals surface area (Å²) in [6.07, 6.45) is 1.63. The molecule has 2 aromatic rings. The molecule has 0 aliphatic carbocycles. The molecule has 0 atom stereocenters. The Morgan fingerprint density at radius 1 is 1.61 bits per heavy atom. The number of nitrogens with one attached hydrogen (secondary N) is 1. The van der Waals surface area contributed by atoms with E-state index in [1.54, 1.807) is 13.3 Å². The van der Waals surface area contributed by atoms with Crippen molar-refractivity contribution in [1.82, 2.24) is 19.7 Å². The van der Waals surface area contributed by atoms with Crippen LogP contribution in [0, 0.1) is 6.92 Å². The molecule has 0 bridgehead atoms. The Balaban J connectivity index is 2.07. The van der Waals surface area contributed by atoms with Gasteiger partial charge in [-0.05, 0) is 6.92 Å². The number of aryl methyl sites for hydroxylation is 2. The van der Waals surface area contributed by atoms with Gasteiger partial charge >= 0.3 is 5.97 Å². The molecule has 8 heteroatoms. The minimum Gasteiger partial charge on any atom is -0.465 e. The van der Waals surface area contributed by atoms with Crippen LogP contribution in [0.25, 0.3) is 0 Å². The van der Waals surface area contributed by atoms with Crippen LogP contribution in [0.2, 0.25) is 0 Å². The molecule has 0 unspecified atom stereocenters. The van der Waals surface area contributed by atoms with Crippen LogP contribution in [0.1, 0.15) is 21.2 Å². The van der Waals surface area contributed by atoms with Crippen molar-refractivity contribution in [2.45, 2.75) is 13.5 Å². The number of methoxy groups -OCH3 is 1. The molecule has 2 rings (SSSR count). The van der Waals surface area contributed by atoms with Gasteiger partial charge in [0.2, 0.25) is 0 Å². The largest absolute Gasteiger partial charge is 0.465 e. The summed E-state index contributed by atoms with van der Waals surface area (Å²) in [4.78, 5) is 16.2. The first-order valence-corrected chi connectivity index (χ1v) is 6.06. The van der Waals surface area contributed by atoms with Crippen LogP contribution in [0.4, 0.5) is 5.13 Å². The van der Waals surface area contributed by atoms with Crippen molar-refractivity contribution < 1.29 is 9.53 Å². The van der Waals surface area contributed by atoms with Crippen molar-refractivity contribution in [3.8, 4) is 0 Å². The first-order chi connectivity index (χ1) is 8.61. The van der Waals surface area contributed by atoms with Gasteiger partial charge in [-0.2, -0.15) is 0 Å². The summed E-state index contributed by atoms with van der Waals surface area (Å²) in [6.45, 7) is 2.28. The number of aromatic nitrogens is 4. The van der Waals surface area contributed by atoms with Crippen LogP contribution in [0.15, 0.2) is 6.33 Å². The highest BCUT2D eigenvalue weighted by molar-refractivity contribution is 7.17. The average Bonchev–Trinajstić information content (AvgIpc) is 2.92. The summed E-state index contributed by atoms with van der Waals surface area (Å²) in [6, 6.07) is 0. The number of hydrogen-bond donors (Lipinski definition) is 1. The Kier molecular flexibility index (Phi) is 3.56. The summed E-state index contributed by atoms with van der Waals surface area (Å²) in [7, 11) is 3.22. The van der Waals surface area contributed by atoms with Crippen LogP contribution < -0.4 is 5.32 Å². The van der Waals surface area contributed by atoms with Crippen molar-refractivity contribution in [2.75, 3.05) is 12.4 Å². The molecule has 18 heavy (non-hydrogen) atoms.